The van der Waals surface area contributed by atoms with Gasteiger partial charge in [-0.15, -0.1) is 0 Å². The molecule has 222 valence electrons. The van der Waals surface area contributed by atoms with Crippen molar-refractivity contribution in [2.24, 2.45) is 11.8 Å². The number of ether oxygens (including phenoxy) is 6. The molecule has 1 N–H and O–H groups in total. The van der Waals surface area contributed by atoms with Crippen molar-refractivity contribution in [3.05, 3.63) is 12.2 Å². The lowest BCUT2D eigenvalue weighted by atomic mass is 9.79. The Bertz CT molecular complexity index is 885. The molecule has 8 atom stereocenters. The second-order valence-electron chi connectivity index (χ2n) is 11.1. The first-order valence-corrected chi connectivity index (χ1v) is 13.4. The van der Waals surface area contributed by atoms with Crippen LogP contribution in [0.5, 0.6) is 0 Å². The van der Waals surface area contributed by atoms with Gasteiger partial charge in [-0.25, -0.2) is 4.79 Å². The van der Waals surface area contributed by atoms with E-state index in [0.29, 0.717) is 31.3 Å². The van der Waals surface area contributed by atoms with Crippen LogP contribution in [0.1, 0.15) is 73.1 Å². The largest absolute Gasteiger partial charge is 0.464 e. The minimum absolute atomic E-state index is 0.0797. The first-order valence-electron chi connectivity index (χ1n) is 13.4. The Hall–Kier alpha value is -2.34. The van der Waals surface area contributed by atoms with Gasteiger partial charge in [0.15, 0.2) is 5.79 Å². The van der Waals surface area contributed by atoms with Gasteiger partial charge < -0.3 is 38.3 Å². The molecule has 2 aliphatic rings. The first-order chi connectivity index (χ1) is 18.2. The van der Waals surface area contributed by atoms with Crippen molar-refractivity contribution in [2.75, 3.05) is 20.3 Å². The summed E-state index contributed by atoms with van der Waals surface area (Å²) in [4.78, 5) is 46.6. The number of rotatable bonds is 13. The predicted molar refractivity (Wildman–Crippen MR) is 138 cm³/mol. The number of esters is 3. The van der Waals surface area contributed by atoms with Crippen LogP contribution in [-0.4, -0.2) is 85.4 Å². The summed E-state index contributed by atoms with van der Waals surface area (Å²) >= 11 is 0. The molecule has 0 radical (unpaired) electrons. The number of aliphatic hydroxyl groups is 1. The van der Waals surface area contributed by atoms with Crippen molar-refractivity contribution in [1.29, 1.82) is 0 Å². The summed E-state index contributed by atoms with van der Waals surface area (Å²) in [5.41, 5.74) is -0.465. The maximum Gasteiger partial charge on any atom is 0.332 e. The molecule has 0 bridgehead atoms. The maximum absolute atomic E-state index is 11.8. The molecule has 2 saturated heterocycles. The highest BCUT2D eigenvalue weighted by Gasteiger charge is 2.52. The van der Waals surface area contributed by atoms with Crippen LogP contribution in [0.2, 0.25) is 0 Å². The highest BCUT2D eigenvalue weighted by Crippen LogP contribution is 2.46. The third-order valence-electron chi connectivity index (χ3n) is 7.10. The molecule has 0 aliphatic carbocycles. The Morgan fingerprint density at radius 3 is 2.38 bits per heavy atom. The van der Waals surface area contributed by atoms with Crippen molar-refractivity contribution in [3.8, 4) is 0 Å². The lowest BCUT2D eigenvalue weighted by Gasteiger charge is -2.52. The second-order valence-corrected chi connectivity index (χ2v) is 11.1. The Labute approximate surface area is 230 Å². The van der Waals surface area contributed by atoms with Gasteiger partial charge in [-0.1, -0.05) is 26.0 Å². The van der Waals surface area contributed by atoms with Crippen LogP contribution < -0.4 is 0 Å². The fourth-order valence-corrected chi connectivity index (χ4v) is 5.57. The summed E-state index contributed by atoms with van der Waals surface area (Å²) in [7, 11) is 1.40. The van der Waals surface area contributed by atoms with E-state index < -0.39 is 59.6 Å². The van der Waals surface area contributed by atoms with Crippen molar-refractivity contribution in [3.63, 3.8) is 0 Å². The maximum atomic E-state index is 11.8. The van der Waals surface area contributed by atoms with E-state index in [1.165, 1.54) is 21.0 Å². The third kappa shape index (κ3) is 10.3. The molecular formula is C28H44O11. The zero-order valence-corrected chi connectivity index (χ0v) is 23.9. The molecule has 2 aliphatic heterocycles. The molecule has 11 heteroatoms. The van der Waals surface area contributed by atoms with Gasteiger partial charge in [-0.3, -0.25) is 9.59 Å². The van der Waals surface area contributed by atoms with Gasteiger partial charge in [-0.2, -0.15) is 0 Å². The topological polar surface area (TPSA) is 144 Å². The number of hydrogen-bond donors (Lipinski definition) is 1. The van der Waals surface area contributed by atoms with Crippen LogP contribution in [-0.2, 0) is 47.6 Å². The number of carbonyl (C=O) groups is 4. The number of hydrogen-bond acceptors (Lipinski definition) is 11. The molecular weight excluding hydrogens is 512 g/mol. The molecule has 0 amide bonds. The highest BCUT2D eigenvalue weighted by atomic mass is 16.7. The third-order valence-corrected chi connectivity index (χ3v) is 7.10. The van der Waals surface area contributed by atoms with Crippen molar-refractivity contribution in [2.45, 2.75) is 109 Å². The Balaban J connectivity index is 2.19. The van der Waals surface area contributed by atoms with E-state index in [1.54, 1.807) is 13.8 Å². The van der Waals surface area contributed by atoms with E-state index in [1.807, 2.05) is 6.92 Å². The standard InChI is InChI=1S/C28H44O11/c1-17(19(3)26(18(2)14-29)37-21(5)31)10-24-12-27(6,33)16-28(39-24)13-23(36-20(4)30)11-22(38-28)8-9-35-25(32)15-34-7/h14,18-19,22-24,26,33H,1,8-13,15-16H2,2-7H3/t18-,19+,22-,23-,24-,26+,27-,28+/m0/s1. The molecule has 0 unspecified atom stereocenters. The minimum atomic E-state index is -1.25. The molecule has 0 saturated carbocycles. The van der Waals surface area contributed by atoms with Crippen molar-refractivity contribution < 1.29 is 52.7 Å². The van der Waals surface area contributed by atoms with E-state index in [4.69, 9.17) is 28.4 Å². The number of methoxy groups -OCH3 is 1. The smallest absolute Gasteiger partial charge is 0.332 e. The fourth-order valence-electron chi connectivity index (χ4n) is 5.57. The van der Waals surface area contributed by atoms with Gasteiger partial charge in [0.1, 0.15) is 25.1 Å². The second kappa shape index (κ2) is 14.3. The molecule has 1 spiro atoms. The van der Waals surface area contributed by atoms with E-state index in [9.17, 15) is 24.3 Å². The molecule has 39 heavy (non-hydrogen) atoms. The van der Waals surface area contributed by atoms with E-state index in [0.717, 1.165) is 6.29 Å². The lowest BCUT2D eigenvalue weighted by Crippen LogP contribution is -2.58. The Kier molecular flexibility index (Phi) is 12.1. The van der Waals surface area contributed by atoms with Crippen LogP contribution >= 0.6 is 0 Å². The highest BCUT2D eigenvalue weighted by molar-refractivity contribution is 5.70. The Morgan fingerprint density at radius 1 is 1.13 bits per heavy atom. The monoisotopic (exact) mass is 556 g/mol. The van der Waals surface area contributed by atoms with Gasteiger partial charge in [0, 0.05) is 64.9 Å². The molecule has 0 aromatic heterocycles. The fraction of sp³-hybridized carbons (Fsp3) is 0.786. The minimum Gasteiger partial charge on any atom is -0.464 e. The van der Waals surface area contributed by atoms with Crippen LogP contribution in [0.4, 0.5) is 0 Å². The van der Waals surface area contributed by atoms with Crippen molar-refractivity contribution >= 4 is 24.2 Å². The molecule has 2 heterocycles. The molecule has 2 rings (SSSR count). The Morgan fingerprint density at radius 2 is 1.79 bits per heavy atom. The average molecular weight is 557 g/mol. The van der Waals surface area contributed by atoms with Gasteiger partial charge >= 0.3 is 17.9 Å². The van der Waals surface area contributed by atoms with Crippen molar-refractivity contribution in [1.82, 2.24) is 0 Å². The summed E-state index contributed by atoms with van der Waals surface area (Å²) < 4.78 is 33.8. The van der Waals surface area contributed by atoms with Crippen LogP contribution in [0.25, 0.3) is 0 Å². The lowest BCUT2D eigenvalue weighted by molar-refractivity contribution is -0.350. The summed E-state index contributed by atoms with van der Waals surface area (Å²) in [6.07, 6.45) is 0.275. The van der Waals surface area contributed by atoms with E-state index in [2.05, 4.69) is 6.58 Å². The SMILES string of the molecule is C=C(C[C@H]1C[C@](C)(O)C[C@@]2(C[C@@H](OC(C)=O)C[C@H](CCOC(=O)COC)O2)O1)[C@@H](C)[C@H](OC(C)=O)[C@@H](C)C=O. The zero-order chi connectivity index (χ0) is 29.4. The first kappa shape index (κ1) is 32.9. The van der Waals surface area contributed by atoms with E-state index in [-0.39, 0.29) is 32.0 Å². The van der Waals surface area contributed by atoms with Gasteiger partial charge in [0.25, 0.3) is 0 Å². The normalized spacial score (nSPS) is 31.0. The summed E-state index contributed by atoms with van der Waals surface area (Å²) in [5, 5.41) is 11.2. The van der Waals surface area contributed by atoms with Gasteiger partial charge in [0.2, 0.25) is 0 Å². The van der Waals surface area contributed by atoms with Gasteiger partial charge in [0.05, 0.1) is 24.4 Å². The van der Waals surface area contributed by atoms with Gasteiger partial charge in [-0.05, 0) is 13.3 Å². The number of carbonyl (C=O) groups excluding carboxylic acids is 4. The molecule has 0 aromatic carbocycles. The summed E-state index contributed by atoms with van der Waals surface area (Å²) in [5.74, 6) is -3.57. The molecule has 11 nitrogen and oxygen atoms in total. The summed E-state index contributed by atoms with van der Waals surface area (Å²) in [6.45, 7) is 11.9. The summed E-state index contributed by atoms with van der Waals surface area (Å²) in [6, 6.07) is 0. The van der Waals surface area contributed by atoms with E-state index >= 15 is 0 Å². The quantitative estimate of drug-likeness (QED) is 0.155. The zero-order valence-electron chi connectivity index (χ0n) is 23.9. The van der Waals surface area contributed by atoms with Crippen LogP contribution in [0, 0.1) is 11.8 Å². The van der Waals surface area contributed by atoms with Crippen LogP contribution in [0.3, 0.4) is 0 Å². The number of aldehydes is 1. The molecule has 2 fully saturated rings. The predicted octanol–water partition coefficient (Wildman–Crippen LogP) is 2.65. The van der Waals surface area contributed by atoms with Crippen LogP contribution in [0.15, 0.2) is 12.2 Å². The molecule has 0 aromatic rings. The average Bonchev–Trinajstić information content (AvgIpc) is 2.79.